The van der Waals surface area contributed by atoms with Gasteiger partial charge in [-0.2, -0.15) is 0 Å². The Morgan fingerprint density at radius 1 is 1.44 bits per heavy atom. The van der Waals surface area contributed by atoms with E-state index in [1.807, 2.05) is 6.92 Å². The van der Waals surface area contributed by atoms with Crippen molar-refractivity contribution in [3.05, 3.63) is 23.8 Å². The van der Waals surface area contributed by atoms with Crippen molar-refractivity contribution in [1.82, 2.24) is 0 Å². The maximum absolute atomic E-state index is 13.1. The number of nitrogens with two attached hydrogens (primary N) is 1. The second-order valence-corrected chi connectivity index (χ2v) is 3.61. The third kappa shape index (κ3) is 3.06. The number of aliphatic hydroxyl groups excluding tert-OH is 1. The van der Waals surface area contributed by atoms with E-state index in [0.717, 1.165) is 18.6 Å². The van der Waals surface area contributed by atoms with E-state index in [1.54, 1.807) is 0 Å². The lowest BCUT2D eigenvalue weighted by atomic mass is 10.1. The third-order valence-corrected chi connectivity index (χ3v) is 2.42. The van der Waals surface area contributed by atoms with Crippen LogP contribution in [0.1, 0.15) is 19.8 Å². The number of aliphatic hydroxyl groups is 1. The fourth-order valence-corrected chi connectivity index (χ4v) is 1.46. The molecule has 1 aromatic carbocycles. The van der Waals surface area contributed by atoms with Crippen LogP contribution >= 0.6 is 0 Å². The maximum atomic E-state index is 13.1. The smallest absolute Gasteiger partial charge is 0.151 e. The van der Waals surface area contributed by atoms with E-state index >= 15 is 0 Å². The van der Waals surface area contributed by atoms with Crippen molar-refractivity contribution in [2.75, 3.05) is 17.7 Å². The second-order valence-electron chi connectivity index (χ2n) is 3.61. The molecule has 4 N–H and O–H groups in total. The highest BCUT2D eigenvalue weighted by atomic mass is 19.1. The van der Waals surface area contributed by atoms with Crippen molar-refractivity contribution < 1.29 is 13.9 Å². The highest BCUT2D eigenvalue weighted by Crippen LogP contribution is 2.24. The van der Waals surface area contributed by atoms with Crippen LogP contribution in [0.2, 0.25) is 0 Å². The largest absolute Gasteiger partial charge is 0.396 e. The summed E-state index contributed by atoms with van der Waals surface area (Å²) in [6, 6.07) is 1.85. The summed E-state index contributed by atoms with van der Waals surface area (Å²) in [5.74, 6) is -1.45. The summed E-state index contributed by atoms with van der Waals surface area (Å²) >= 11 is 0. The van der Waals surface area contributed by atoms with Gasteiger partial charge in [0.1, 0.15) is 5.82 Å². The van der Waals surface area contributed by atoms with Crippen LogP contribution in [0.5, 0.6) is 0 Å². The monoisotopic (exact) mass is 230 g/mol. The molecule has 0 spiro atoms. The van der Waals surface area contributed by atoms with Gasteiger partial charge in [-0.25, -0.2) is 8.78 Å². The molecule has 0 radical (unpaired) electrons. The molecule has 3 nitrogen and oxygen atoms in total. The Bertz CT molecular complexity index is 358. The van der Waals surface area contributed by atoms with Crippen LogP contribution in [0, 0.1) is 11.6 Å². The molecule has 0 aliphatic carbocycles. The molecule has 0 saturated heterocycles. The molecule has 90 valence electrons. The van der Waals surface area contributed by atoms with Crippen LogP contribution in [0.4, 0.5) is 20.2 Å². The number of nitrogen functional groups attached to an aromatic ring is 1. The molecule has 0 fully saturated rings. The van der Waals surface area contributed by atoms with Crippen LogP contribution < -0.4 is 11.1 Å². The quantitative estimate of drug-likeness (QED) is 0.679. The van der Waals surface area contributed by atoms with Crippen LogP contribution in [-0.2, 0) is 0 Å². The molecule has 0 saturated carbocycles. The Hall–Kier alpha value is -1.36. The first-order valence-electron chi connectivity index (χ1n) is 5.20. The average molecular weight is 230 g/mol. The summed E-state index contributed by atoms with van der Waals surface area (Å²) in [5, 5.41) is 11.7. The number of nitrogens with one attached hydrogen (secondary N) is 1. The number of hydrogen-bond donors (Lipinski definition) is 3. The normalized spacial score (nSPS) is 12.5. The van der Waals surface area contributed by atoms with Crippen molar-refractivity contribution >= 4 is 11.4 Å². The Morgan fingerprint density at radius 2 is 2.12 bits per heavy atom. The zero-order chi connectivity index (χ0) is 12.1. The molecule has 0 amide bonds. The van der Waals surface area contributed by atoms with E-state index in [1.165, 1.54) is 0 Å². The maximum Gasteiger partial charge on any atom is 0.151 e. The zero-order valence-electron chi connectivity index (χ0n) is 9.13. The SMILES string of the molecule is CCC(CCO)Nc1cc(F)cc(F)c1N. The molecule has 0 aliphatic heterocycles. The van der Waals surface area contributed by atoms with Gasteiger partial charge in [-0.1, -0.05) is 6.92 Å². The Labute approximate surface area is 93.3 Å². The van der Waals surface area contributed by atoms with E-state index in [-0.39, 0.29) is 24.0 Å². The first-order chi connectivity index (χ1) is 7.58. The molecule has 0 bridgehead atoms. The fourth-order valence-electron chi connectivity index (χ4n) is 1.46. The van der Waals surface area contributed by atoms with Gasteiger partial charge in [0, 0.05) is 18.7 Å². The summed E-state index contributed by atoms with van der Waals surface area (Å²) in [4.78, 5) is 0. The van der Waals surface area contributed by atoms with Gasteiger partial charge in [0.05, 0.1) is 11.4 Å². The Kier molecular flexibility index (Phi) is 4.49. The van der Waals surface area contributed by atoms with E-state index in [2.05, 4.69) is 5.32 Å². The molecule has 5 heteroatoms. The second kappa shape index (κ2) is 5.65. The van der Waals surface area contributed by atoms with Crippen molar-refractivity contribution in [2.45, 2.75) is 25.8 Å². The molecule has 1 rings (SSSR count). The number of benzene rings is 1. The first-order valence-corrected chi connectivity index (χ1v) is 5.20. The Balaban J connectivity index is 2.87. The van der Waals surface area contributed by atoms with Gasteiger partial charge in [-0.15, -0.1) is 0 Å². The van der Waals surface area contributed by atoms with Crippen LogP contribution in [0.3, 0.4) is 0 Å². The first kappa shape index (κ1) is 12.7. The minimum Gasteiger partial charge on any atom is -0.396 e. The van der Waals surface area contributed by atoms with Gasteiger partial charge in [0.25, 0.3) is 0 Å². The predicted octanol–water partition coefficient (Wildman–Crippen LogP) is 2.12. The van der Waals surface area contributed by atoms with E-state index in [9.17, 15) is 8.78 Å². The van der Waals surface area contributed by atoms with Gasteiger partial charge >= 0.3 is 0 Å². The zero-order valence-corrected chi connectivity index (χ0v) is 9.13. The molecule has 1 atom stereocenters. The van der Waals surface area contributed by atoms with Gasteiger partial charge in [-0.3, -0.25) is 0 Å². The molecule has 1 unspecified atom stereocenters. The lowest BCUT2D eigenvalue weighted by molar-refractivity contribution is 0.278. The minimum absolute atomic E-state index is 0.0171. The standard InChI is InChI=1S/C11H16F2N2O/c1-2-8(3-4-16)15-10-6-7(12)5-9(13)11(10)14/h5-6,8,15-16H,2-4,14H2,1H3. The molecule has 16 heavy (non-hydrogen) atoms. The van der Waals surface area contributed by atoms with Crippen molar-refractivity contribution in [2.24, 2.45) is 0 Å². The molecule has 1 aromatic rings. The summed E-state index contributed by atoms with van der Waals surface area (Å²) in [7, 11) is 0. The highest BCUT2D eigenvalue weighted by Gasteiger charge is 2.11. The molecule has 0 aromatic heterocycles. The number of anilines is 2. The number of hydrogen-bond acceptors (Lipinski definition) is 3. The summed E-state index contributed by atoms with van der Waals surface area (Å²) in [5.41, 5.74) is 5.62. The molecule has 0 aliphatic rings. The Morgan fingerprint density at radius 3 is 2.69 bits per heavy atom. The number of rotatable bonds is 5. The van der Waals surface area contributed by atoms with Gasteiger partial charge in [-0.05, 0) is 18.9 Å². The van der Waals surface area contributed by atoms with Crippen molar-refractivity contribution in [1.29, 1.82) is 0 Å². The van der Waals surface area contributed by atoms with Gasteiger partial charge in [0.2, 0.25) is 0 Å². The van der Waals surface area contributed by atoms with Crippen LogP contribution in [0.25, 0.3) is 0 Å². The van der Waals surface area contributed by atoms with E-state index in [0.29, 0.717) is 6.42 Å². The molecular formula is C11H16F2N2O. The summed E-state index contributed by atoms with van der Waals surface area (Å²) in [6.45, 7) is 1.93. The number of halogens is 2. The van der Waals surface area contributed by atoms with Crippen molar-refractivity contribution in [3.63, 3.8) is 0 Å². The summed E-state index contributed by atoms with van der Waals surface area (Å²) in [6.07, 6.45) is 1.24. The van der Waals surface area contributed by atoms with E-state index < -0.39 is 11.6 Å². The molecular weight excluding hydrogens is 214 g/mol. The van der Waals surface area contributed by atoms with Crippen LogP contribution in [0.15, 0.2) is 12.1 Å². The molecule has 0 heterocycles. The predicted molar refractivity (Wildman–Crippen MR) is 60.2 cm³/mol. The van der Waals surface area contributed by atoms with Gasteiger partial charge < -0.3 is 16.2 Å². The topological polar surface area (TPSA) is 58.3 Å². The van der Waals surface area contributed by atoms with Gasteiger partial charge in [0.15, 0.2) is 5.82 Å². The average Bonchev–Trinajstić information content (AvgIpc) is 2.24. The van der Waals surface area contributed by atoms with E-state index in [4.69, 9.17) is 10.8 Å². The van der Waals surface area contributed by atoms with Crippen molar-refractivity contribution in [3.8, 4) is 0 Å². The van der Waals surface area contributed by atoms with Crippen LogP contribution in [-0.4, -0.2) is 17.8 Å². The lowest BCUT2D eigenvalue weighted by Crippen LogP contribution is -2.21. The highest BCUT2D eigenvalue weighted by molar-refractivity contribution is 5.67. The lowest BCUT2D eigenvalue weighted by Gasteiger charge is -2.18. The minimum atomic E-state index is -0.777. The fraction of sp³-hybridized carbons (Fsp3) is 0.455. The third-order valence-electron chi connectivity index (χ3n) is 2.42. The summed E-state index contributed by atoms with van der Waals surface area (Å²) < 4.78 is 26.1.